The van der Waals surface area contributed by atoms with Crippen LogP contribution < -0.4 is 0 Å². The van der Waals surface area contributed by atoms with E-state index in [4.69, 9.17) is 0 Å². The molecule has 0 nitrogen and oxygen atoms in total. The van der Waals surface area contributed by atoms with Crippen LogP contribution in [0.4, 0.5) is 0 Å². The number of benzene rings is 4. The summed E-state index contributed by atoms with van der Waals surface area (Å²) in [4.78, 5) is 0. The van der Waals surface area contributed by atoms with E-state index in [1.54, 1.807) is 0 Å². The maximum Gasteiger partial charge on any atom is 0.0181 e. The highest BCUT2D eigenvalue weighted by Crippen LogP contribution is 2.32. The Morgan fingerprint density at radius 2 is 1.00 bits per heavy atom. The second-order valence-corrected chi connectivity index (χ2v) is 7.70. The minimum absolute atomic E-state index is 0.934. The number of rotatable bonds is 5. The zero-order valence-electron chi connectivity index (χ0n) is 15.1. The summed E-state index contributed by atoms with van der Waals surface area (Å²) in [6, 6.07) is 36.8. The zero-order chi connectivity index (χ0) is 18.5. The molecule has 27 heavy (non-hydrogen) atoms. The first-order chi connectivity index (χ1) is 13.3. The molecule has 0 radical (unpaired) electrons. The van der Waals surface area contributed by atoms with E-state index < -0.39 is 0 Å². The van der Waals surface area contributed by atoms with Gasteiger partial charge in [0.15, 0.2) is 0 Å². The third-order valence-corrected chi connectivity index (χ3v) is 5.35. The maximum atomic E-state index is 3.67. The summed E-state index contributed by atoms with van der Waals surface area (Å²) >= 11 is 3.67. The van der Waals surface area contributed by atoms with Crippen LogP contribution in [-0.4, -0.2) is 0 Å². The van der Waals surface area contributed by atoms with Crippen molar-refractivity contribution in [2.24, 2.45) is 0 Å². The van der Waals surface area contributed by atoms with Crippen LogP contribution in [0.1, 0.15) is 22.3 Å². The van der Waals surface area contributed by atoms with Crippen LogP contribution in [0.25, 0.3) is 11.1 Å². The smallest absolute Gasteiger partial charge is 0.0181 e. The van der Waals surface area contributed by atoms with Crippen molar-refractivity contribution in [2.75, 3.05) is 0 Å². The molecular weight excluding hydrogens is 392 g/mol. The highest BCUT2D eigenvalue weighted by atomic mass is 79.9. The normalized spacial score (nSPS) is 10.7. The largest absolute Gasteiger partial charge is 0.0622 e. The van der Waals surface area contributed by atoms with Gasteiger partial charge in [-0.1, -0.05) is 107 Å². The van der Waals surface area contributed by atoms with Crippen LogP contribution in [0, 0.1) is 0 Å². The molecule has 0 aliphatic heterocycles. The van der Waals surface area contributed by atoms with E-state index in [2.05, 4.69) is 119 Å². The van der Waals surface area contributed by atoms with Gasteiger partial charge in [0.2, 0.25) is 0 Å². The highest BCUT2D eigenvalue weighted by molar-refractivity contribution is 9.10. The Balaban J connectivity index is 1.76. The summed E-state index contributed by atoms with van der Waals surface area (Å²) in [7, 11) is 0. The van der Waals surface area contributed by atoms with Crippen LogP contribution in [0.2, 0.25) is 0 Å². The Kier molecular flexibility index (Phi) is 5.50. The molecule has 132 valence electrons. The molecule has 0 atom stereocenters. The second-order valence-electron chi connectivity index (χ2n) is 6.78. The van der Waals surface area contributed by atoms with Crippen molar-refractivity contribution in [1.82, 2.24) is 0 Å². The van der Waals surface area contributed by atoms with E-state index in [1.807, 2.05) is 0 Å². The molecule has 0 bridgehead atoms. The predicted molar refractivity (Wildman–Crippen MR) is 118 cm³/mol. The number of hydrogen-bond donors (Lipinski definition) is 0. The lowest BCUT2D eigenvalue weighted by atomic mass is 9.90. The topological polar surface area (TPSA) is 0 Å². The maximum absolute atomic E-state index is 3.67. The van der Waals surface area contributed by atoms with Gasteiger partial charge in [0.05, 0.1) is 0 Å². The molecule has 0 aliphatic rings. The first kappa shape index (κ1) is 17.8. The van der Waals surface area contributed by atoms with Gasteiger partial charge in [0.1, 0.15) is 0 Å². The average molecular weight is 413 g/mol. The van der Waals surface area contributed by atoms with Gasteiger partial charge < -0.3 is 0 Å². The summed E-state index contributed by atoms with van der Waals surface area (Å²) in [5.41, 5.74) is 8.00. The van der Waals surface area contributed by atoms with Crippen molar-refractivity contribution in [1.29, 1.82) is 0 Å². The van der Waals surface area contributed by atoms with E-state index in [1.165, 1.54) is 33.4 Å². The van der Waals surface area contributed by atoms with Gasteiger partial charge in [-0.2, -0.15) is 0 Å². The molecule has 0 heterocycles. The van der Waals surface area contributed by atoms with Crippen molar-refractivity contribution in [3.05, 3.63) is 130 Å². The number of hydrogen-bond acceptors (Lipinski definition) is 0. The van der Waals surface area contributed by atoms with Gasteiger partial charge in [-0.05, 0) is 58.4 Å². The lowest BCUT2D eigenvalue weighted by Crippen LogP contribution is -1.97. The summed E-state index contributed by atoms with van der Waals surface area (Å²) < 4.78 is 1.11. The fourth-order valence-electron chi connectivity index (χ4n) is 3.52. The minimum Gasteiger partial charge on any atom is -0.0622 e. The third-order valence-electron chi connectivity index (χ3n) is 4.85. The van der Waals surface area contributed by atoms with Crippen LogP contribution in [0.15, 0.2) is 108 Å². The Morgan fingerprint density at radius 3 is 1.63 bits per heavy atom. The molecule has 0 amide bonds. The lowest BCUT2D eigenvalue weighted by molar-refractivity contribution is 1.17. The first-order valence-corrected chi connectivity index (χ1v) is 10.0. The second kappa shape index (κ2) is 8.37. The molecule has 0 N–H and O–H groups in total. The molecule has 0 saturated carbocycles. The zero-order valence-corrected chi connectivity index (χ0v) is 16.7. The molecule has 0 unspecified atom stereocenters. The monoisotopic (exact) mass is 412 g/mol. The molecular formula is C26H21Br. The summed E-state index contributed by atoms with van der Waals surface area (Å²) in [5.74, 6) is 0. The van der Waals surface area contributed by atoms with Crippen LogP contribution in [0.3, 0.4) is 0 Å². The van der Waals surface area contributed by atoms with Crippen LogP contribution in [-0.2, 0) is 12.8 Å². The summed E-state index contributed by atoms with van der Waals surface area (Å²) in [6.45, 7) is 0. The van der Waals surface area contributed by atoms with E-state index in [0.29, 0.717) is 0 Å². The Hall–Kier alpha value is -2.64. The fraction of sp³-hybridized carbons (Fsp3) is 0.0769. The first-order valence-electron chi connectivity index (χ1n) is 9.24. The van der Waals surface area contributed by atoms with Gasteiger partial charge in [-0.25, -0.2) is 0 Å². The van der Waals surface area contributed by atoms with E-state index in [-0.39, 0.29) is 0 Å². The standard InChI is InChI=1S/C26H21Br/c27-24-16-15-23(18-21-11-5-2-6-12-21)26(19-24)25-14-8-7-13-22(25)17-20-9-3-1-4-10-20/h1-16,19H,17-18H2. The SMILES string of the molecule is Brc1ccc(Cc2ccccc2)c(-c2ccccc2Cc2ccccc2)c1. The summed E-state index contributed by atoms with van der Waals surface area (Å²) in [6.07, 6.45) is 1.87. The molecule has 0 spiro atoms. The molecule has 4 aromatic rings. The van der Waals surface area contributed by atoms with Gasteiger partial charge >= 0.3 is 0 Å². The molecule has 4 rings (SSSR count). The van der Waals surface area contributed by atoms with E-state index in [9.17, 15) is 0 Å². The molecule has 0 saturated heterocycles. The van der Waals surface area contributed by atoms with Crippen molar-refractivity contribution in [3.8, 4) is 11.1 Å². The van der Waals surface area contributed by atoms with Crippen LogP contribution >= 0.6 is 15.9 Å². The summed E-state index contributed by atoms with van der Waals surface area (Å²) in [5, 5.41) is 0. The Bertz CT molecular complexity index is 1020. The highest BCUT2D eigenvalue weighted by Gasteiger charge is 2.11. The quantitative estimate of drug-likeness (QED) is 0.322. The van der Waals surface area contributed by atoms with E-state index >= 15 is 0 Å². The van der Waals surface area contributed by atoms with Gasteiger partial charge in [-0.3, -0.25) is 0 Å². The molecule has 0 aromatic heterocycles. The molecule has 0 fully saturated rings. The van der Waals surface area contributed by atoms with Crippen molar-refractivity contribution in [2.45, 2.75) is 12.8 Å². The predicted octanol–water partition coefficient (Wildman–Crippen LogP) is 7.30. The fourth-order valence-corrected chi connectivity index (χ4v) is 3.88. The van der Waals surface area contributed by atoms with Gasteiger partial charge in [0.25, 0.3) is 0 Å². The van der Waals surface area contributed by atoms with Crippen LogP contribution in [0.5, 0.6) is 0 Å². The lowest BCUT2D eigenvalue weighted by Gasteiger charge is -2.15. The molecule has 4 aromatic carbocycles. The van der Waals surface area contributed by atoms with Crippen molar-refractivity contribution < 1.29 is 0 Å². The van der Waals surface area contributed by atoms with Crippen molar-refractivity contribution >= 4 is 15.9 Å². The molecule has 1 heteroatoms. The van der Waals surface area contributed by atoms with Gasteiger partial charge in [-0.15, -0.1) is 0 Å². The minimum atomic E-state index is 0.934. The Morgan fingerprint density at radius 1 is 0.481 bits per heavy atom. The molecule has 0 aliphatic carbocycles. The third kappa shape index (κ3) is 4.37. The van der Waals surface area contributed by atoms with Gasteiger partial charge in [0, 0.05) is 4.47 Å². The van der Waals surface area contributed by atoms with E-state index in [0.717, 1.165) is 17.3 Å². The van der Waals surface area contributed by atoms with Crippen molar-refractivity contribution in [3.63, 3.8) is 0 Å². The number of halogens is 1. The Labute approximate surface area is 169 Å². The average Bonchev–Trinajstić information content (AvgIpc) is 2.71.